The number of benzene rings is 3. The Bertz CT molecular complexity index is 1480. The molecule has 224 valence electrons. The summed E-state index contributed by atoms with van der Waals surface area (Å²) in [5, 5.41) is 3.44. The van der Waals surface area contributed by atoms with Crippen LogP contribution in [0.1, 0.15) is 45.1 Å². The maximum Gasteiger partial charge on any atom is 0.264 e. The van der Waals surface area contributed by atoms with Crippen LogP contribution >= 0.6 is 11.6 Å². The molecule has 0 aromatic heterocycles. The van der Waals surface area contributed by atoms with Crippen molar-refractivity contribution < 1.29 is 27.1 Å². The summed E-state index contributed by atoms with van der Waals surface area (Å²) in [6, 6.07) is 16.8. The van der Waals surface area contributed by atoms with Crippen molar-refractivity contribution in [2.45, 2.75) is 63.1 Å². The van der Waals surface area contributed by atoms with Crippen LogP contribution in [-0.4, -0.2) is 50.4 Å². The maximum absolute atomic E-state index is 14.0. The van der Waals surface area contributed by atoms with Gasteiger partial charge in [-0.25, -0.2) is 12.8 Å². The van der Waals surface area contributed by atoms with E-state index in [0.29, 0.717) is 22.9 Å². The van der Waals surface area contributed by atoms with E-state index in [1.165, 1.54) is 41.3 Å². The van der Waals surface area contributed by atoms with Gasteiger partial charge in [0.1, 0.15) is 24.2 Å². The summed E-state index contributed by atoms with van der Waals surface area (Å²) in [6.07, 6.45) is 3.79. The number of hydrogen-bond donors (Lipinski definition) is 1. The fourth-order valence-electron chi connectivity index (χ4n) is 4.92. The summed E-state index contributed by atoms with van der Waals surface area (Å²) < 4.78 is 48.0. The van der Waals surface area contributed by atoms with Crippen molar-refractivity contribution in [2.75, 3.05) is 17.5 Å². The van der Waals surface area contributed by atoms with Gasteiger partial charge in [-0.15, -0.1) is 0 Å². The van der Waals surface area contributed by atoms with E-state index in [4.69, 9.17) is 16.3 Å². The van der Waals surface area contributed by atoms with Gasteiger partial charge in [0.05, 0.1) is 17.2 Å². The van der Waals surface area contributed by atoms with E-state index in [9.17, 15) is 22.4 Å². The Morgan fingerprint density at radius 1 is 1.02 bits per heavy atom. The number of carbonyl (C=O) groups is 2. The van der Waals surface area contributed by atoms with Crippen molar-refractivity contribution in [1.29, 1.82) is 0 Å². The molecule has 0 heterocycles. The highest BCUT2D eigenvalue weighted by molar-refractivity contribution is 7.92. The summed E-state index contributed by atoms with van der Waals surface area (Å²) in [5.41, 5.74) is 0.704. The zero-order valence-corrected chi connectivity index (χ0v) is 25.2. The molecule has 1 aliphatic carbocycles. The smallest absolute Gasteiger partial charge is 0.264 e. The second kappa shape index (κ2) is 14.0. The summed E-state index contributed by atoms with van der Waals surface area (Å²) in [6.45, 7) is 3.19. The van der Waals surface area contributed by atoms with Gasteiger partial charge in [0.2, 0.25) is 11.8 Å². The molecule has 0 radical (unpaired) electrons. The highest BCUT2D eigenvalue weighted by Crippen LogP contribution is 2.27. The maximum atomic E-state index is 14.0. The number of halogens is 2. The third kappa shape index (κ3) is 7.60. The number of nitrogens with one attached hydrogen (secondary N) is 1. The number of ether oxygens (including phenoxy) is 1. The average molecular weight is 616 g/mol. The largest absolute Gasteiger partial charge is 0.494 e. The SMILES string of the molecule is CCOc1ccc(S(=O)(=O)N(CC(=O)N(Cc2ccccc2Cl)C(C)C(=O)NC2CCCC2)c2ccc(F)cc2)cc1. The van der Waals surface area contributed by atoms with Crippen LogP contribution in [-0.2, 0) is 26.2 Å². The quantitative estimate of drug-likeness (QED) is 0.288. The van der Waals surface area contributed by atoms with Crippen LogP contribution in [0, 0.1) is 5.82 Å². The standard InChI is InChI=1S/C31H35ClFN3O5S/c1-3-41-27-16-18-28(19-17-27)42(39,40)36(26-14-12-24(33)13-15-26)21-30(37)35(20-23-8-4-7-11-29(23)32)22(2)31(38)34-25-9-5-6-10-25/h4,7-8,11-19,22,25H,3,5-6,9-10,20-21H2,1-2H3,(H,34,38). The monoisotopic (exact) mass is 615 g/mol. The summed E-state index contributed by atoms with van der Waals surface area (Å²) in [4.78, 5) is 28.6. The van der Waals surface area contributed by atoms with Gasteiger partial charge in [0.15, 0.2) is 0 Å². The summed E-state index contributed by atoms with van der Waals surface area (Å²) >= 11 is 6.41. The second-order valence-electron chi connectivity index (χ2n) is 10.2. The molecule has 2 amide bonds. The van der Waals surface area contributed by atoms with Crippen molar-refractivity contribution in [3.8, 4) is 5.75 Å². The Hall–Kier alpha value is -3.63. The van der Waals surface area contributed by atoms with Gasteiger partial charge < -0.3 is 15.0 Å². The normalized spacial score (nSPS) is 14.3. The lowest BCUT2D eigenvalue weighted by Crippen LogP contribution is -2.52. The molecule has 1 saturated carbocycles. The lowest BCUT2D eigenvalue weighted by atomic mass is 10.1. The van der Waals surface area contributed by atoms with Crippen LogP contribution in [0.25, 0.3) is 0 Å². The first-order valence-corrected chi connectivity index (χ1v) is 15.8. The first kappa shape index (κ1) is 31.3. The number of rotatable bonds is 12. The Labute approximate surface area is 251 Å². The first-order valence-electron chi connectivity index (χ1n) is 13.9. The molecule has 1 fully saturated rings. The van der Waals surface area contributed by atoms with E-state index < -0.39 is 34.3 Å². The van der Waals surface area contributed by atoms with Gasteiger partial charge in [-0.2, -0.15) is 0 Å². The zero-order valence-electron chi connectivity index (χ0n) is 23.6. The van der Waals surface area contributed by atoms with Crippen LogP contribution in [0.5, 0.6) is 5.75 Å². The van der Waals surface area contributed by atoms with E-state index in [2.05, 4.69) is 5.32 Å². The summed E-state index contributed by atoms with van der Waals surface area (Å²) in [7, 11) is -4.29. The lowest BCUT2D eigenvalue weighted by Gasteiger charge is -2.32. The van der Waals surface area contributed by atoms with E-state index in [1.807, 2.05) is 6.92 Å². The summed E-state index contributed by atoms with van der Waals surface area (Å²) in [5.74, 6) is -1.01. The minimum absolute atomic E-state index is 0.0158. The van der Waals surface area contributed by atoms with Gasteiger partial charge in [-0.05, 0) is 86.8 Å². The molecular formula is C31H35ClFN3O5S. The molecular weight excluding hydrogens is 581 g/mol. The third-order valence-corrected chi connectivity index (χ3v) is 9.44. The van der Waals surface area contributed by atoms with Crippen molar-refractivity contribution in [2.24, 2.45) is 0 Å². The number of nitrogens with zero attached hydrogens (tertiary/aromatic N) is 2. The fraction of sp³-hybridized carbons (Fsp3) is 0.355. The van der Waals surface area contributed by atoms with Crippen molar-refractivity contribution in [1.82, 2.24) is 10.2 Å². The van der Waals surface area contributed by atoms with E-state index in [0.717, 1.165) is 42.1 Å². The Kier molecular flexibility index (Phi) is 10.5. The van der Waals surface area contributed by atoms with Crippen molar-refractivity contribution in [3.05, 3.63) is 89.2 Å². The number of hydrogen-bond acceptors (Lipinski definition) is 5. The number of carbonyl (C=O) groups excluding carboxylic acids is 2. The average Bonchev–Trinajstić information content (AvgIpc) is 3.49. The van der Waals surface area contributed by atoms with E-state index >= 15 is 0 Å². The molecule has 3 aromatic carbocycles. The second-order valence-corrected chi connectivity index (χ2v) is 12.4. The molecule has 1 atom stereocenters. The molecule has 1 aliphatic rings. The van der Waals surface area contributed by atoms with Crippen LogP contribution in [0.3, 0.4) is 0 Å². The molecule has 0 aliphatic heterocycles. The van der Waals surface area contributed by atoms with Gasteiger partial charge in [-0.1, -0.05) is 42.6 Å². The minimum atomic E-state index is -4.29. The molecule has 0 bridgehead atoms. The van der Waals surface area contributed by atoms with Crippen LogP contribution < -0.4 is 14.4 Å². The molecule has 0 spiro atoms. The Balaban J connectivity index is 1.68. The van der Waals surface area contributed by atoms with Gasteiger partial charge in [0, 0.05) is 17.6 Å². The molecule has 1 N–H and O–H groups in total. The van der Waals surface area contributed by atoms with E-state index in [-0.39, 0.29) is 29.1 Å². The highest BCUT2D eigenvalue weighted by Gasteiger charge is 2.33. The van der Waals surface area contributed by atoms with Crippen LogP contribution in [0.15, 0.2) is 77.7 Å². The topological polar surface area (TPSA) is 96.0 Å². The fourth-order valence-corrected chi connectivity index (χ4v) is 6.53. The Morgan fingerprint density at radius 2 is 1.67 bits per heavy atom. The molecule has 0 saturated heterocycles. The molecule has 4 rings (SSSR count). The van der Waals surface area contributed by atoms with Gasteiger partial charge >= 0.3 is 0 Å². The lowest BCUT2D eigenvalue weighted by molar-refractivity contribution is -0.139. The minimum Gasteiger partial charge on any atom is -0.494 e. The van der Waals surface area contributed by atoms with Crippen molar-refractivity contribution in [3.63, 3.8) is 0 Å². The molecule has 3 aromatic rings. The molecule has 1 unspecified atom stereocenters. The highest BCUT2D eigenvalue weighted by atomic mass is 35.5. The van der Waals surface area contributed by atoms with Crippen molar-refractivity contribution >= 4 is 39.1 Å². The predicted octanol–water partition coefficient (Wildman–Crippen LogP) is 5.55. The van der Waals surface area contributed by atoms with E-state index in [1.54, 1.807) is 31.2 Å². The Morgan fingerprint density at radius 3 is 2.29 bits per heavy atom. The van der Waals surface area contributed by atoms with Crippen LogP contribution in [0.2, 0.25) is 5.02 Å². The first-order chi connectivity index (χ1) is 20.1. The predicted molar refractivity (Wildman–Crippen MR) is 160 cm³/mol. The molecule has 8 nitrogen and oxygen atoms in total. The number of amides is 2. The number of sulfonamides is 1. The zero-order chi connectivity index (χ0) is 30.3. The van der Waals surface area contributed by atoms with Gasteiger partial charge in [-0.3, -0.25) is 13.9 Å². The van der Waals surface area contributed by atoms with Gasteiger partial charge in [0.25, 0.3) is 10.0 Å². The molecule has 42 heavy (non-hydrogen) atoms. The third-order valence-electron chi connectivity index (χ3n) is 7.28. The molecule has 11 heteroatoms. The van der Waals surface area contributed by atoms with Crippen LogP contribution in [0.4, 0.5) is 10.1 Å². The number of anilines is 1.